The van der Waals surface area contributed by atoms with Crippen molar-refractivity contribution in [3.8, 4) is 0 Å². The first-order valence-electron chi connectivity index (χ1n) is 5.08. The lowest BCUT2D eigenvalue weighted by molar-refractivity contribution is 0.0989. The van der Waals surface area contributed by atoms with Crippen LogP contribution in [0.4, 0.5) is 0 Å². The van der Waals surface area contributed by atoms with Gasteiger partial charge < -0.3 is 5.73 Å². The summed E-state index contributed by atoms with van der Waals surface area (Å²) in [7, 11) is 0. The number of nitrogens with two attached hydrogens (primary N) is 1. The minimum Gasteiger partial charge on any atom is -0.364 e. The van der Waals surface area contributed by atoms with Crippen molar-refractivity contribution in [2.24, 2.45) is 5.73 Å². The molecule has 0 spiro atoms. The van der Waals surface area contributed by atoms with Gasteiger partial charge in [-0.25, -0.2) is 0 Å². The normalized spacial score (nSPS) is 12.3. The van der Waals surface area contributed by atoms with Gasteiger partial charge in [-0.05, 0) is 18.6 Å². The summed E-state index contributed by atoms with van der Waals surface area (Å²) in [5.74, 6) is -0.458. The van der Waals surface area contributed by atoms with Crippen molar-refractivity contribution in [2.45, 2.75) is 13.0 Å². The van der Waals surface area contributed by atoms with Gasteiger partial charge in [0.1, 0.15) is 5.69 Å². The van der Waals surface area contributed by atoms with E-state index in [4.69, 9.17) is 5.73 Å². The SMILES string of the molecule is CC(c1ccccc1)n1nccc1C(N)=O. The number of hydrogen-bond acceptors (Lipinski definition) is 2. The molecule has 2 N–H and O–H groups in total. The average molecular weight is 215 g/mol. The van der Waals surface area contributed by atoms with Crippen LogP contribution in [-0.4, -0.2) is 15.7 Å². The van der Waals surface area contributed by atoms with E-state index >= 15 is 0 Å². The zero-order valence-electron chi connectivity index (χ0n) is 9.00. The number of rotatable bonds is 3. The Morgan fingerprint density at radius 1 is 1.31 bits per heavy atom. The topological polar surface area (TPSA) is 60.9 Å². The van der Waals surface area contributed by atoms with Crippen LogP contribution in [0.3, 0.4) is 0 Å². The van der Waals surface area contributed by atoms with Crippen molar-refractivity contribution in [1.82, 2.24) is 9.78 Å². The van der Waals surface area contributed by atoms with Crippen molar-refractivity contribution < 1.29 is 4.79 Å². The molecular formula is C12H13N3O. The van der Waals surface area contributed by atoms with Gasteiger partial charge in [0.15, 0.2) is 0 Å². The molecule has 0 bridgehead atoms. The monoisotopic (exact) mass is 215 g/mol. The fourth-order valence-corrected chi connectivity index (χ4v) is 1.69. The molecule has 2 aromatic rings. The highest BCUT2D eigenvalue weighted by Gasteiger charge is 2.14. The summed E-state index contributed by atoms with van der Waals surface area (Å²) in [6.45, 7) is 1.98. The van der Waals surface area contributed by atoms with E-state index in [1.807, 2.05) is 37.3 Å². The second kappa shape index (κ2) is 4.18. The van der Waals surface area contributed by atoms with Crippen LogP contribution in [0.2, 0.25) is 0 Å². The van der Waals surface area contributed by atoms with Crippen LogP contribution in [0.15, 0.2) is 42.6 Å². The van der Waals surface area contributed by atoms with Gasteiger partial charge in [0.2, 0.25) is 0 Å². The molecular weight excluding hydrogens is 202 g/mol. The predicted molar refractivity (Wildman–Crippen MR) is 61.0 cm³/mol. The van der Waals surface area contributed by atoms with E-state index < -0.39 is 5.91 Å². The Labute approximate surface area is 93.7 Å². The van der Waals surface area contributed by atoms with Crippen molar-refractivity contribution in [3.05, 3.63) is 53.9 Å². The quantitative estimate of drug-likeness (QED) is 0.845. The lowest BCUT2D eigenvalue weighted by Gasteiger charge is -2.14. The summed E-state index contributed by atoms with van der Waals surface area (Å²) in [6.07, 6.45) is 1.58. The van der Waals surface area contributed by atoms with Gasteiger partial charge in [-0.1, -0.05) is 30.3 Å². The summed E-state index contributed by atoms with van der Waals surface area (Å²) in [5, 5.41) is 4.13. The molecule has 0 fully saturated rings. The highest BCUT2D eigenvalue weighted by molar-refractivity contribution is 5.91. The Bertz CT molecular complexity index is 490. The van der Waals surface area contributed by atoms with Crippen LogP contribution in [0.1, 0.15) is 29.0 Å². The Morgan fingerprint density at radius 3 is 2.62 bits per heavy atom. The molecule has 1 heterocycles. The van der Waals surface area contributed by atoms with Gasteiger partial charge in [0.05, 0.1) is 6.04 Å². The largest absolute Gasteiger partial charge is 0.364 e. The minimum absolute atomic E-state index is 0.00120. The zero-order valence-corrected chi connectivity index (χ0v) is 9.00. The molecule has 0 aliphatic carbocycles. The maximum absolute atomic E-state index is 11.2. The van der Waals surface area contributed by atoms with Crippen molar-refractivity contribution in [2.75, 3.05) is 0 Å². The van der Waals surface area contributed by atoms with Gasteiger partial charge in [-0.2, -0.15) is 5.10 Å². The molecule has 1 atom stereocenters. The first kappa shape index (κ1) is 10.4. The second-order valence-corrected chi connectivity index (χ2v) is 3.61. The summed E-state index contributed by atoms with van der Waals surface area (Å²) in [4.78, 5) is 11.2. The van der Waals surface area contributed by atoms with Crippen molar-refractivity contribution >= 4 is 5.91 Å². The van der Waals surface area contributed by atoms with Crippen LogP contribution in [0, 0.1) is 0 Å². The van der Waals surface area contributed by atoms with Crippen LogP contribution in [0.25, 0.3) is 0 Å². The third-order valence-electron chi connectivity index (χ3n) is 2.57. The molecule has 16 heavy (non-hydrogen) atoms. The molecule has 4 nitrogen and oxygen atoms in total. The summed E-state index contributed by atoms with van der Waals surface area (Å²) >= 11 is 0. The summed E-state index contributed by atoms with van der Waals surface area (Å²) in [5.41, 5.74) is 6.79. The van der Waals surface area contributed by atoms with E-state index in [1.54, 1.807) is 16.9 Å². The molecule has 1 amide bonds. The molecule has 0 radical (unpaired) electrons. The molecule has 0 saturated heterocycles. The highest BCUT2D eigenvalue weighted by atomic mass is 16.1. The van der Waals surface area contributed by atoms with Gasteiger partial charge in [0, 0.05) is 6.20 Å². The van der Waals surface area contributed by atoms with Crippen molar-refractivity contribution in [1.29, 1.82) is 0 Å². The van der Waals surface area contributed by atoms with Crippen molar-refractivity contribution in [3.63, 3.8) is 0 Å². The van der Waals surface area contributed by atoms with E-state index in [-0.39, 0.29) is 6.04 Å². The third-order valence-corrected chi connectivity index (χ3v) is 2.57. The number of carbonyl (C=O) groups excluding carboxylic acids is 1. The van der Waals surface area contributed by atoms with E-state index in [1.165, 1.54) is 0 Å². The fraction of sp³-hybridized carbons (Fsp3) is 0.167. The Balaban J connectivity index is 2.38. The van der Waals surface area contributed by atoms with Crippen LogP contribution >= 0.6 is 0 Å². The van der Waals surface area contributed by atoms with E-state index in [0.29, 0.717) is 5.69 Å². The van der Waals surface area contributed by atoms with Gasteiger partial charge in [0.25, 0.3) is 5.91 Å². The van der Waals surface area contributed by atoms with Crippen LogP contribution in [0.5, 0.6) is 0 Å². The first-order valence-corrected chi connectivity index (χ1v) is 5.08. The van der Waals surface area contributed by atoms with E-state index in [0.717, 1.165) is 5.56 Å². The Morgan fingerprint density at radius 2 is 2.00 bits per heavy atom. The lowest BCUT2D eigenvalue weighted by Crippen LogP contribution is -2.20. The standard InChI is InChI=1S/C12H13N3O/c1-9(10-5-3-2-4-6-10)15-11(12(13)16)7-8-14-15/h2-9H,1H3,(H2,13,16). The van der Waals surface area contributed by atoms with Crippen LogP contribution in [-0.2, 0) is 0 Å². The van der Waals surface area contributed by atoms with E-state index in [2.05, 4.69) is 5.10 Å². The fourth-order valence-electron chi connectivity index (χ4n) is 1.69. The predicted octanol–water partition coefficient (Wildman–Crippen LogP) is 1.59. The number of benzene rings is 1. The molecule has 0 aliphatic heterocycles. The smallest absolute Gasteiger partial charge is 0.267 e. The average Bonchev–Trinajstić information content (AvgIpc) is 2.78. The molecule has 0 aliphatic rings. The second-order valence-electron chi connectivity index (χ2n) is 3.61. The maximum Gasteiger partial charge on any atom is 0.267 e. The third kappa shape index (κ3) is 1.82. The zero-order chi connectivity index (χ0) is 11.5. The molecule has 82 valence electrons. The molecule has 1 unspecified atom stereocenters. The van der Waals surface area contributed by atoms with Crippen LogP contribution < -0.4 is 5.73 Å². The highest BCUT2D eigenvalue weighted by Crippen LogP contribution is 2.18. The number of nitrogens with zero attached hydrogens (tertiary/aromatic N) is 2. The number of aromatic nitrogens is 2. The number of primary amides is 1. The Kier molecular flexibility index (Phi) is 2.72. The molecule has 4 heteroatoms. The maximum atomic E-state index is 11.2. The van der Waals surface area contributed by atoms with Gasteiger partial charge >= 0.3 is 0 Å². The van der Waals surface area contributed by atoms with E-state index in [9.17, 15) is 4.79 Å². The number of carbonyl (C=O) groups is 1. The van der Waals surface area contributed by atoms with Gasteiger partial charge in [-0.15, -0.1) is 0 Å². The summed E-state index contributed by atoms with van der Waals surface area (Å²) in [6, 6.07) is 11.5. The van der Waals surface area contributed by atoms with Gasteiger partial charge in [-0.3, -0.25) is 9.48 Å². The number of amides is 1. The molecule has 0 saturated carbocycles. The molecule has 2 rings (SSSR count). The lowest BCUT2D eigenvalue weighted by atomic mass is 10.1. The minimum atomic E-state index is -0.458. The number of hydrogen-bond donors (Lipinski definition) is 1. The first-order chi connectivity index (χ1) is 7.70. The molecule has 1 aromatic heterocycles. The Hall–Kier alpha value is -2.10. The molecule has 1 aromatic carbocycles. The summed E-state index contributed by atoms with van der Waals surface area (Å²) < 4.78 is 1.64.